The second-order valence-corrected chi connectivity index (χ2v) is 3.45. The molecule has 0 amide bonds. The minimum atomic E-state index is -0.186. The van der Waals surface area contributed by atoms with Gasteiger partial charge in [0.25, 0.3) is 0 Å². The number of benzene rings is 1. The molecular formula is C12H11NO3. The minimum absolute atomic E-state index is 0.186. The van der Waals surface area contributed by atoms with Crippen LogP contribution in [0.4, 0.5) is 0 Å². The van der Waals surface area contributed by atoms with Crippen LogP contribution < -0.4 is 5.43 Å². The molecular weight excluding hydrogens is 206 g/mol. The van der Waals surface area contributed by atoms with Crippen LogP contribution in [0, 0.1) is 0 Å². The number of fused-ring (bicyclic) bond motifs is 1. The van der Waals surface area contributed by atoms with Crippen molar-refractivity contribution in [3.63, 3.8) is 0 Å². The first-order chi connectivity index (χ1) is 7.76. The SMILES string of the molecule is CCc1ccc2occ(/C=N\O)c(=O)c2c1. The average molecular weight is 217 g/mol. The zero-order valence-corrected chi connectivity index (χ0v) is 8.80. The molecule has 0 saturated heterocycles. The zero-order chi connectivity index (χ0) is 11.5. The lowest BCUT2D eigenvalue weighted by Gasteiger charge is -2.00. The molecule has 0 aliphatic rings. The van der Waals surface area contributed by atoms with Gasteiger partial charge < -0.3 is 9.62 Å². The molecule has 1 heterocycles. The van der Waals surface area contributed by atoms with Crippen molar-refractivity contribution in [3.8, 4) is 0 Å². The predicted octanol–water partition coefficient (Wildman–Crippen LogP) is 2.16. The lowest BCUT2D eigenvalue weighted by molar-refractivity contribution is 0.321. The Bertz CT molecular complexity index is 599. The van der Waals surface area contributed by atoms with E-state index in [4.69, 9.17) is 9.62 Å². The Balaban J connectivity index is 2.76. The minimum Gasteiger partial charge on any atom is -0.463 e. The van der Waals surface area contributed by atoms with E-state index in [0.717, 1.165) is 18.2 Å². The largest absolute Gasteiger partial charge is 0.463 e. The van der Waals surface area contributed by atoms with Gasteiger partial charge in [-0.05, 0) is 24.1 Å². The molecule has 0 saturated carbocycles. The van der Waals surface area contributed by atoms with Gasteiger partial charge in [0.05, 0.1) is 17.2 Å². The summed E-state index contributed by atoms with van der Waals surface area (Å²) in [6.45, 7) is 2.02. The van der Waals surface area contributed by atoms with Crippen LogP contribution in [0.5, 0.6) is 0 Å². The average Bonchev–Trinajstić information content (AvgIpc) is 2.33. The Kier molecular flexibility index (Phi) is 2.72. The first-order valence-electron chi connectivity index (χ1n) is 4.98. The maximum absolute atomic E-state index is 11.9. The molecule has 0 fully saturated rings. The standard InChI is InChI=1S/C12H11NO3/c1-2-8-3-4-11-10(5-8)12(14)9(6-13-15)7-16-11/h3-7,15H,2H2,1H3/b13-6-. The number of hydrogen-bond donors (Lipinski definition) is 1. The fourth-order valence-corrected chi connectivity index (χ4v) is 1.56. The van der Waals surface area contributed by atoms with Crippen molar-refractivity contribution in [2.24, 2.45) is 5.16 Å². The Morgan fingerprint density at radius 1 is 1.50 bits per heavy atom. The monoisotopic (exact) mass is 217 g/mol. The van der Waals surface area contributed by atoms with E-state index in [0.29, 0.717) is 11.0 Å². The van der Waals surface area contributed by atoms with Crippen LogP contribution in [0.1, 0.15) is 18.1 Å². The van der Waals surface area contributed by atoms with E-state index in [2.05, 4.69) is 5.16 Å². The molecule has 0 atom stereocenters. The fraction of sp³-hybridized carbons (Fsp3) is 0.167. The van der Waals surface area contributed by atoms with E-state index >= 15 is 0 Å². The Morgan fingerprint density at radius 3 is 3.00 bits per heavy atom. The van der Waals surface area contributed by atoms with Crippen molar-refractivity contribution in [3.05, 3.63) is 45.8 Å². The molecule has 1 N–H and O–H groups in total. The molecule has 4 nitrogen and oxygen atoms in total. The summed E-state index contributed by atoms with van der Waals surface area (Å²) >= 11 is 0. The van der Waals surface area contributed by atoms with Gasteiger partial charge in [0.15, 0.2) is 0 Å². The van der Waals surface area contributed by atoms with Crippen molar-refractivity contribution >= 4 is 17.2 Å². The van der Waals surface area contributed by atoms with Crippen molar-refractivity contribution < 1.29 is 9.62 Å². The topological polar surface area (TPSA) is 62.8 Å². The summed E-state index contributed by atoms with van der Waals surface area (Å²) in [7, 11) is 0. The number of hydrogen-bond acceptors (Lipinski definition) is 4. The van der Waals surface area contributed by atoms with Gasteiger partial charge >= 0.3 is 0 Å². The highest BCUT2D eigenvalue weighted by atomic mass is 16.4. The lowest BCUT2D eigenvalue weighted by atomic mass is 10.1. The van der Waals surface area contributed by atoms with Crippen LogP contribution in [0.15, 0.2) is 38.8 Å². The molecule has 0 unspecified atom stereocenters. The molecule has 16 heavy (non-hydrogen) atoms. The fourth-order valence-electron chi connectivity index (χ4n) is 1.56. The first-order valence-corrected chi connectivity index (χ1v) is 4.98. The molecule has 0 aliphatic heterocycles. The van der Waals surface area contributed by atoms with E-state index in [1.54, 1.807) is 12.1 Å². The normalized spacial score (nSPS) is 11.3. The molecule has 0 aliphatic carbocycles. The maximum Gasteiger partial charge on any atom is 0.201 e. The van der Waals surface area contributed by atoms with Gasteiger partial charge in [-0.15, -0.1) is 0 Å². The van der Waals surface area contributed by atoms with Gasteiger partial charge in [0, 0.05) is 0 Å². The van der Waals surface area contributed by atoms with Gasteiger partial charge in [-0.3, -0.25) is 4.79 Å². The molecule has 4 heteroatoms. The number of oxime groups is 1. The van der Waals surface area contributed by atoms with E-state index in [1.165, 1.54) is 6.26 Å². The van der Waals surface area contributed by atoms with Crippen LogP contribution >= 0.6 is 0 Å². The summed E-state index contributed by atoms with van der Waals surface area (Å²) in [5, 5.41) is 11.7. The van der Waals surface area contributed by atoms with Crippen molar-refractivity contribution in [1.82, 2.24) is 0 Å². The Hall–Kier alpha value is -2.10. The van der Waals surface area contributed by atoms with Crippen LogP contribution in [-0.2, 0) is 6.42 Å². The Labute approximate surface area is 91.8 Å². The summed E-state index contributed by atoms with van der Waals surface area (Å²) in [5.74, 6) is 0. The highest BCUT2D eigenvalue weighted by Gasteiger charge is 2.05. The molecule has 0 bridgehead atoms. The van der Waals surface area contributed by atoms with Gasteiger partial charge in [-0.25, -0.2) is 0 Å². The third-order valence-electron chi connectivity index (χ3n) is 2.47. The smallest absolute Gasteiger partial charge is 0.201 e. The van der Waals surface area contributed by atoms with E-state index in [9.17, 15) is 4.79 Å². The van der Waals surface area contributed by atoms with Crippen LogP contribution in [0.2, 0.25) is 0 Å². The van der Waals surface area contributed by atoms with E-state index < -0.39 is 0 Å². The molecule has 1 aromatic carbocycles. The number of rotatable bonds is 2. The molecule has 82 valence electrons. The first kappa shape index (κ1) is 10.4. The number of aryl methyl sites for hydroxylation is 1. The van der Waals surface area contributed by atoms with E-state index in [-0.39, 0.29) is 11.0 Å². The zero-order valence-electron chi connectivity index (χ0n) is 8.80. The van der Waals surface area contributed by atoms with Gasteiger partial charge in [-0.2, -0.15) is 0 Å². The molecule has 2 aromatic rings. The predicted molar refractivity (Wildman–Crippen MR) is 61.2 cm³/mol. The third kappa shape index (κ3) is 1.69. The number of nitrogens with zero attached hydrogens (tertiary/aromatic N) is 1. The summed E-state index contributed by atoms with van der Waals surface area (Å²) in [6, 6.07) is 5.50. The van der Waals surface area contributed by atoms with Crippen LogP contribution in [-0.4, -0.2) is 11.4 Å². The molecule has 0 spiro atoms. The highest BCUT2D eigenvalue weighted by molar-refractivity contribution is 5.86. The van der Waals surface area contributed by atoms with Crippen molar-refractivity contribution in [2.75, 3.05) is 0 Å². The molecule has 2 rings (SSSR count). The molecule has 1 aromatic heterocycles. The van der Waals surface area contributed by atoms with Gasteiger partial charge in [0.2, 0.25) is 5.43 Å². The van der Waals surface area contributed by atoms with Crippen LogP contribution in [0.3, 0.4) is 0 Å². The van der Waals surface area contributed by atoms with E-state index in [1.807, 2.05) is 13.0 Å². The summed E-state index contributed by atoms with van der Waals surface area (Å²) in [6.07, 6.45) is 3.22. The lowest BCUT2D eigenvalue weighted by Crippen LogP contribution is -2.08. The maximum atomic E-state index is 11.9. The summed E-state index contributed by atoms with van der Waals surface area (Å²) < 4.78 is 5.27. The van der Waals surface area contributed by atoms with Gasteiger partial charge in [0.1, 0.15) is 11.8 Å². The Morgan fingerprint density at radius 2 is 2.31 bits per heavy atom. The van der Waals surface area contributed by atoms with Crippen LogP contribution in [0.25, 0.3) is 11.0 Å². The van der Waals surface area contributed by atoms with Crippen molar-refractivity contribution in [2.45, 2.75) is 13.3 Å². The summed E-state index contributed by atoms with van der Waals surface area (Å²) in [5.41, 5.74) is 1.66. The quantitative estimate of drug-likeness (QED) is 0.476. The summed E-state index contributed by atoms with van der Waals surface area (Å²) in [4.78, 5) is 11.9. The second-order valence-electron chi connectivity index (χ2n) is 3.45. The van der Waals surface area contributed by atoms with Gasteiger partial charge in [-0.1, -0.05) is 18.1 Å². The second kappa shape index (κ2) is 4.18. The third-order valence-corrected chi connectivity index (χ3v) is 2.47. The highest BCUT2D eigenvalue weighted by Crippen LogP contribution is 2.13. The van der Waals surface area contributed by atoms with Crippen molar-refractivity contribution in [1.29, 1.82) is 0 Å². The molecule has 0 radical (unpaired) electrons.